The summed E-state index contributed by atoms with van der Waals surface area (Å²) < 4.78 is 17.7. The summed E-state index contributed by atoms with van der Waals surface area (Å²) in [6, 6.07) is 12.5. The molecule has 1 aliphatic carbocycles. The second-order valence-corrected chi connectivity index (χ2v) is 8.83. The fourth-order valence-corrected chi connectivity index (χ4v) is 5.80. The lowest BCUT2D eigenvalue weighted by Crippen LogP contribution is -2.39. The Labute approximate surface area is 160 Å². The maximum Gasteiger partial charge on any atom is 0.221 e. The summed E-state index contributed by atoms with van der Waals surface area (Å²) in [4.78, 5) is 0. The highest BCUT2D eigenvalue weighted by Gasteiger charge is 2.46. The van der Waals surface area contributed by atoms with Gasteiger partial charge in [0, 0.05) is 28.9 Å². The van der Waals surface area contributed by atoms with Gasteiger partial charge in [0.25, 0.3) is 0 Å². The molecule has 3 aromatic rings. The van der Waals surface area contributed by atoms with Gasteiger partial charge in [0.05, 0.1) is 10.9 Å². The predicted octanol–water partition coefficient (Wildman–Crippen LogP) is 6.03. The molecule has 0 N–H and O–H groups in total. The molecule has 1 nitrogen and oxygen atoms in total. The van der Waals surface area contributed by atoms with Gasteiger partial charge in [-0.2, -0.15) is 4.57 Å². The molecule has 0 saturated carbocycles. The Bertz CT molecular complexity index is 1090. The van der Waals surface area contributed by atoms with Crippen LogP contribution in [0.2, 0.25) is 0 Å². The first-order valence-corrected chi connectivity index (χ1v) is 10.2. The van der Waals surface area contributed by atoms with Crippen molar-refractivity contribution in [3.63, 3.8) is 0 Å². The van der Waals surface area contributed by atoms with E-state index >= 15 is 4.39 Å². The molecule has 2 aromatic carbocycles. The summed E-state index contributed by atoms with van der Waals surface area (Å²) in [7, 11) is 0. The fraction of sp³-hybridized carbons (Fsp3) is 0.400. The molecule has 0 saturated heterocycles. The van der Waals surface area contributed by atoms with E-state index in [2.05, 4.69) is 68.8 Å². The Morgan fingerprint density at radius 2 is 1.78 bits per heavy atom. The Kier molecular flexibility index (Phi) is 3.39. The molecule has 2 heteroatoms. The third kappa shape index (κ3) is 1.96. The highest BCUT2D eigenvalue weighted by Crippen LogP contribution is 2.53. The zero-order valence-corrected chi connectivity index (χ0v) is 16.7. The SMILES string of the molecule is CCC1(CC)CC[n+]2ccc3cccc4c3c2-c2c1ccc(F)c2C4(C)C. The van der Waals surface area contributed by atoms with Gasteiger partial charge in [0.1, 0.15) is 12.4 Å². The normalized spacial score (nSPS) is 18.4. The van der Waals surface area contributed by atoms with E-state index < -0.39 is 0 Å². The van der Waals surface area contributed by atoms with Crippen LogP contribution in [0.5, 0.6) is 0 Å². The molecule has 0 unspecified atom stereocenters. The summed E-state index contributed by atoms with van der Waals surface area (Å²) in [5, 5.41) is 2.57. The van der Waals surface area contributed by atoms with Crippen molar-refractivity contribution < 1.29 is 8.96 Å². The van der Waals surface area contributed by atoms with Crippen LogP contribution in [0.3, 0.4) is 0 Å². The van der Waals surface area contributed by atoms with Crippen LogP contribution in [0, 0.1) is 5.82 Å². The molecule has 0 bridgehead atoms. The molecular weight excluding hydrogens is 333 g/mol. The number of rotatable bonds is 2. The molecule has 0 radical (unpaired) electrons. The molecule has 138 valence electrons. The average molecular weight is 360 g/mol. The number of pyridine rings is 1. The van der Waals surface area contributed by atoms with E-state index in [1.54, 1.807) is 6.07 Å². The second kappa shape index (κ2) is 5.41. The maximum atomic E-state index is 15.4. The van der Waals surface area contributed by atoms with Gasteiger partial charge in [-0.05, 0) is 35.4 Å². The third-order valence-electron chi connectivity index (χ3n) is 7.50. The zero-order valence-electron chi connectivity index (χ0n) is 16.7. The van der Waals surface area contributed by atoms with E-state index in [4.69, 9.17) is 0 Å². The van der Waals surface area contributed by atoms with Crippen LogP contribution in [0.15, 0.2) is 42.6 Å². The zero-order chi connectivity index (χ0) is 19.0. The molecule has 0 amide bonds. The molecule has 0 fully saturated rings. The van der Waals surface area contributed by atoms with E-state index in [9.17, 15) is 0 Å². The van der Waals surface area contributed by atoms with Crippen LogP contribution in [-0.2, 0) is 17.4 Å². The van der Waals surface area contributed by atoms with Gasteiger partial charge in [0.15, 0.2) is 6.20 Å². The van der Waals surface area contributed by atoms with Gasteiger partial charge < -0.3 is 0 Å². The van der Waals surface area contributed by atoms with Crippen molar-refractivity contribution in [2.24, 2.45) is 0 Å². The summed E-state index contributed by atoms with van der Waals surface area (Å²) in [6.07, 6.45) is 5.48. The fourth-order valence-electron chi connectivity index (χ4n) is 5.80. The number of hydrogen-bond acceptors (Lipinski definition) is 0. The Hall–Kier alpha value is -2.22. The molecule has 0 atom stereocenters. The standard InChI is InChI=1S/C25H27FN/c1-5-25(6-2)13-15-27-14-12-16-8-7-9-17-20(16)23(27)21-18(25)10-11-19(26)22(21)24(17,3)4/h7-12,14H,5-6,13,15H2,1-4H3/q+1. The van der Waals surface area contributed by atoms with Crippen molar-refractivity contribution in [3.05, 3.63) is 65.1 Å². The second-order valence-electron chi connectivity index (χ2n) is 8.83. The highest BCUT2D eigenvalue weighted by molar-refractivity contribution is 6.01. The van der Waals surface area contributed by atoms with Crippen molar-refractivity contribution in [1.29, 1.82) is 0 Å². The van der Waals surface area contributed by atoms with E-state index in [0.29, 0.717) is 0 Å². The molecule has 5 rings (SSSR count). The number of halogens is 1. The van der Waals surface area contributed by atoms with E-state index in [0.717, 1.165) is 31.4 Å². The van der Waals surface area contributed by atoms with Crippen molar-refractivity contribution >= 4 is 10.8 Å². The topological polar surface area (TPSA) is 3.88 Å². The first-order valence-electron chi connectivity index (χ1n) is 10.2. The molecule has 1 aromatic heterocycles. The van der Waals surface area contributed by atoms with Crippen molar-refractivity contribution in [2.45, 2.75) is 64.3 Å². The van der Waals surface area contributed by atoms with Gasteiger partial charge in [-0.15, -0.1) is 0 Å². The summed E-state index contributed by atoms with van der Waals surface area (Å²) >= 11 is 0. The minimum absolute atomic E-state index is 0.0696. The molecule has 0 spiro atoms. The minimum atomic E-state index is -0.349. The lowest BCUT2D eigenvalue weighted by atomic mass is 9.64. The molecule has 2 aliphatic rings. The van der Waals surface area contributed by atoms with Crippen LogP contribution in [0.1, 0.15) is 63.6 Å². The first-order chi connectivity index (χ1) is 12.9. The van der Waals surface area contributed by atoms with Crippen LogP contribution >= 0.6 is 0 Å². The molecular formula is C25H27FN+. The van der Waals surface area contributed by atoms with Crippen LogP contribution < -0.4 is 4.57 Å². The van der Waals surface area contributed by atoms with Crippen molar-refractivity contribution in [2.75, 3.05) is 0 Å². The van der Waals surface area contributed by atoms with Gasteiger partial charge in [-0.3, -0.25) is 0 Å². The first kappa shape index (κ1) is 16.9. The largest absolute Gasteiger partial charge is 0.221 e. The number of aromatic nitrogens is 1. The highest BCUT2D eigenvalue weighted by atomic mass is 19.1. The minimum Gasteiger partial charge on any atom is -0.207 e. The average Bonchev–Trinajstić information content (AvgIpc) is 2.81. The monoisotopic (exact) mass is 360 g/mol. The number of hydrogen-bond donors (Lipinski definition) is 0. The van der Waals surface area contributed by atoms with E-state index in [1.165, 1.54) is 33.2 Å². The maximum absolute atomic E-state index is 15.4. The Balaban J connectivity index is 2.06. The number of benzene rings is 2. The van der Waals surface area contributed by atoms with Gasteiger partial charge in [-0.25, -0.2) is 4.39 Å². The van der Waals surface area contributed by atoms with Crippen LogP contribution in [0.25, 0.3) is 22.0 Å². The van der Waals surface area contributed by atoms with Crippen LogP contribution in [0.4, 0.5) is 4.39 Å². The van der Waals surface area contributed by atoms with Gasteiger partial charge in [-0.1, -0.05) is 52.0 Å². The summed E-state index contributed by atoms with van der Waals surface area (Å²) in [5.41, 5.74) is 5.64. The van der Waals surface area contributed by atoms with Crippen molar-refractivity contribution in [1.82, 2.24) is 0 Å². The Morgan fingerprint density at radius 3 is 2.52 bits per heavy atom. The lowest BCUT2D eigenvalue weighted by Gasteiger charge is -2.37. The van der Waals surface area contributed by atoms with E-state index in [-0.39, 0.29) is 16.6 Å². The van der Waals surface area contributed by atoms with Gasteiger partial charge in [0.2, 0.25) is 5.69 Å². The van der Waals surface area contributed by atoms with Gasteiger partial charge >= 0.3 is 0 Å². The lowest BCUT2D eigenvalue weighted by molar-refractivity contribution is -0.685. The Morgan fingerprint density at radius 1 is 1.00 bits per heavy atom. The number of aryl methyl sites for hydroxylation is 1. The molecule has 27 heavy (non-hydrogen) atoms. The predicted molar refractivity (Wildman–Crippen MR) is 109 cm³/mol. The van der Waals surface area contributed by atoms with Crippen LogP contribution in [-0.4, -0.2) is 0 Å². The molecule has 1 aliphatic heterocycles. The summed E-state index contributed by atoms with van der Waals surface area (Å²) in [6.45, 7) is 9.93. The smallest absolute Gasteiger partial charge is 0.207 e. The summed E-state index contributed by atoms with van der Waals surface area (Å²) in [5.74, 6) is -0.0696. The molecule has 2 heterocycles. The quantitative estimate of drug-likeness (QED) is 0.491. The number of nitrogens with zero attached hydrogens (tertiary/aromatic N) is 1. The third-order valence-corrected chi connectivity index (χ3v) is 7.50. The van der Waals surface area contributed by atoms with Crippen molar-refractivity contribution in [3.8, 4) is 11.3 Å². The van der Waals surface area contributed by atoms with E-state index in [1.807, 2.05) is 0 Å².